The lowest BCUT2D eigenvalue weighted by atomic mass is 9.84. The summed E-state index contributed by atoms with van der Waals surface area (Å²) in [6.45, 7) is 0.192. The molecule has 48 heavy (non-hydrogen) atoms. The van der Waals surface area contributed by atoms with E-state index in [-0.39, 0.29) is 23.7 Å². The minimum absolute atomic E-state index is 0.129. The number of aromatic nitrogens is 4. The maximum Gasteiger partial charge on any atom is 0.280 e. The summed E-state index contributed by atoms with van der Waals surface area (Å²) < 4.78 is 24.9. The van der Waals surface area contributed by atoms with Crippen molar-refractivity contribution >= 4 is 35.2 Å². The van der Waals surface area contributed by atoms with Gasteiger partial charge in [-0.1, -0.05) is 54.6 Å². The molecule has 0 saturated carbocycles. The van der Waals surface area contributed by atoms with Gasteiger partial charge in [0, 0.05) is 19.8 Å². The largest absolute Gasteiger partial charge is 0.497 e. The third-order valence-electron chi connectivity index (χ3n) is 8.82. The number of aliphatic hydroxyl groups is 1. The van der Waals surface area contributed by atoms with Crippen LogP contribution >= 0.6 is 11.8 Å². The molecule has 4 heterocycles. The maximum absolute atomic E-state index is 12.9. The molecule has 2 aromatic heterocycles. The van der Waals surface area contributed by atoms with E-state index in [1.165, 1.54) is 6.33 Å². The first-order valence-electron chi connectivity index (χ1n) is 15.4. The quantitative estimate of drug-likeness (QED) is 0.120. The van der Waals surface area contributed by atoms with Gasteiger partial charge in [-0.2, -0.15) is 4.98 Å². The third-order valence-corrected chi connectivity index (χ3v) is 10.6. The lowest BCUT2D eigenvalue weighted by Crippen LogP contribution is -2.44. The molecule has 2 fully saturated rings. The van der Waals surface area contributed by atoms with Crippen molar-refractivity contribution in [2.75, 3.05) is 40.7 Å². The molecule has 5 aromatic rings. The van der Waals surface area contributed by atoms with Crippen LogP contribution in [0, 0.1) is 0 Å². The van der Waals surface area contributed by atoms with Gasteiger partial charge in [-0.3, -0.25) is 14.3 Å². The second-order valence-corrected chi connectivity index (χ2v) is 13.2. The first-order chi connectivity index (χ1) is 23.3. The Morgan fingerprint density at radius 1 is 1.04 bits per heavy atom. The number of hydrogen-bond acceptors (Lipinski definition) is 10. The summed E-state index contributed by atoms with van der Waals surface area (Å²) in [5.41, 5.74) is 2.04. The summed E-state index contributed by atoms with van der Waals surface area (Å²) in [5, 5.41) is 11.8. The summed E-state index contributed by atoms with van der Waals surface area (Å²) in [7, 11) is 6.93. The maximum atomic E-state index is 12.9. The van der Waals surface area contributed by atoms with Gasteiger partial charge < -0.3 is 29.0 Å². The number of fused-ring (bicyclic) bond motifs is 3. The number of ether oxygens (including phenoxy) is 4. The van der Waals surface area contributed by atoms with Crippen molar-refractivity contribution in [2.24, 2.45) is 4.99 Å². The van der Waals surface area contributed by atoms with E-state index in [1.807, 2.05) is 56.6 Å². The highest BCUT2D eigenvalue weighted by Crippen LogP contribution is 2.54. The van der Waals surface area contributed by atoms with E-state index < -0.39 is 34.3 Å². The van der Waals surface area contributed by atoms with Gasteiger partial charge in [0.15, 0.2) is 17.4 Å². The SMILES string of the molecule is COc1ccc(C(SC[C@@]23COC([C@H](n4cnc5c(=O)[nH]c(N=CN(C)C)nc54)O2)[C@H]3O)(c2ccccc2)c2ccc(OC)cc2)cc1. The fourth-order valence-electron chi connectivity index (χ4n) is 6.38. The Hall–Kier alpha value is -4.69. The molecule has 0 aliphatic carbocycles. The average molecular weight is 669 g/mol. The standard InChI is InChI=1S/C35H36N6O6S/c1-40(2)20-37-33-38-30-27(31(43)39-33)36-21-41(30)32-28-29(42)34(47-32,18-46-28)19-48-35(22-8-6-5-7-9-22,23-10-14-25(44-3)15-11-23)24-12-16-26(45-4)17-13-24/h5-17,20-21,28-29,32,42H,18-19H2,1-4H3,(H,38,39,43)/t28?,29-,32-,34-/m1/s1. The van der Waals surface area contributed by atoms with Gasteiger partial charge in [0.05, 0.1) is 38.2 Å². The zero-order chi connectivity index (χ0) is 33.5. The predicted octanol–water partition coefficient (Wildman–Crippen LogP) is 4.11. The molecule has 2 N–H and O–H groups in total. The smallest absolute Gasteiger partial charge is 0.280 e. The van der Waals surface area contributed by atoms with Gasteiger partial charge in [-0.15, -0.1) is 11.8 Å². The Bertz CT molecular complexity index is 1930. The van der Waals surface area contributed by atoms with E-state index in [4.69, 9.17) is 18.9 Å². The number of rotatable bonds is 11. The van der Waals surface area contributed by atoms with E-state index in [1.54, 1.807) is 41.8 Å². The Morgan fingerprint density at radius 2 is 1.67 bits per heavy atom. The summed E-state index contributed by atoms with van der Waals surface area (Å²) >= 11 is 1.66. The fourth-order valence-corrected chi connectivity index (χ4v) is 8.07. The minimum atomic E-state index is -1.07. The van der Waals surface area contributed by atoms with E-state index in [0.29, 0.717) is 5.75 Å². The van der Waals surface area contributed by atoms with Crippen molar-refractivity contribution < 1.29 is 24.1 Å². The molecule has 7 rings (SSSR count). The van der Waals surface area contributed by atoms with Gasteiger partial charge in [0.2, 0.25) is 5.95 Å². The second-order valence-electron chi connectivity index (χ2n) is 12.0. The van der Waals surface area contributed by atoms with E-state index in [0.717, 1.165) is 28.2 Å². The lowest BCUT2D eigenvalue weighted by Gasteiger charge is -2.39. The molecule has 2 aliphatic heterocycles. The van der Waals surface area contributed by atoms with Crippen LogP contribution in [0.5, 0.6) is 11.5 Å². The third kappa shape index (κ3) is 5.42. The number of imidazole rings is 1. The zero-order valence-electron chi connectivity index (χ0n) is 26.9. The average Bonchev–Trinajstić information content (AvgIpc) is 3.77. The molecule has 4 atom stereocenters. The first kappa shape index (κ1) is 31.9. The number of aromatic amines is 1. The van der Waals surface area contributed by atoms with Crippen molar-refractivity contribution in [2.45, 2.75) is 28.8 Å². The molecule has 2 saturated heterocycles. The number of hydrogen-bond donors (Lipinski definition) is 2. The Balaban J connectivity index is 1.28. The van der Waals surface area contributed by atoms with Crippen LogP contribution in [0.2, 0.25) is 0 Å². The minimum Gasteiger partial charge on any atom is -0.497 e. The van der Waals surface area contributed by atoms with Gasteiger partial charge in [0.25, 0.3) is 5.56 Å². The Morgan fingerprint density at radius 3 is 2.27 bits per heavy atom. The van der Waals surface area contributed by atoms with Gasteiger partial charge in [0.1, 0.15) is 29.3 Å². The van der Waals surface area contributed by atoms with E-state index in [2.05, 4.69) is 56.3 Å². The molecular weight excluding hydrogens is 632 g/mol. The number of aliphatic imine (C=N–C) groups is 1. The number of H-pyrrole nitrogens is 1. The Labute approximate surface area is 281 Å². The van der Waals surface area contributed by atoms with Gasteiger partial charge >= 0.3 is 0 Å². The molecule has 3 aromatic carbocycles. The second kappa shape index (κ2) is 12.7. The number of methoxy groups -OCH3 is 2. The molecular formula is C35H36N6O6S. The number of benzene rings is 3. The molecule has 1 unspecified atom stereocenters. The van der Waals surface area contributed by atoms with E-state index in [9.17, 15) is 9.90 Å². The van der Waals surface area contributed by atoms with Crippen molar-refractivity contribution in [3.05, 3.63) is 112 Å². The number of thioether (sulfide) groups is 1. The lowest BCUT2D eigenvalue weighted by molar-refractivity contribution is -0.162. The molecule has 248 valence electrons. The van der Waals surface area contributed by atoms with Crippen LogP contribution in [-0.4, -0.2) is 94.3 Å². The van der Waals surface area contributed by atoms with Gasteiger partial charge in [-0.25, -0.2) is 9.98 Å². The van der Waals surface area contributed by atoms with Gasteiger partial charge in [-0.05, 0) is 41.0 Å². The van der Waals surface area contributed by atoms with Crippen LogP contribution in [0.4, 0.5) is 5.95 Å². The highest BCUT2D eigenvalue weighted by atomic mass is 32.2. The monoisotopic (exact) mass is 668 g/mol. The number of aliphatic hydroxyl groups excluding tert-OH is 1. The van der Waals surface area contributed by atoms with Crippen LogP contribution in [0.1, 0.15) is 22.9 Å². The normalized spacial score (nSPS) is 22.1. The molecule has 12 nitrogen and oxygen atoms in total. The number of nitrogens with one attached hydrogen (secondary N) is 1. The molecule has 2 aliphatic rings. The molecule has 2 bridgehead atoms. The van der Waals surface area contributed by atoms with Crippen molar-refractivity contribution in [1.29, 1.82) is 0 Å². The van der Waals surface area contributed by atoms with Crippen molar-refractivity contribution in [3.63, 3.8) is 0 Å². The number of nitrogens with zero attached hydrogens (tertiary/aromatic N) is 5. The van der Waals surface area contributed by atoms with E-state index >= 15 is 0 Å². The molecule has 13 heteroatoms. The van der Waals surface area contributed by atoms with Crippen molar-refractivity contribution in [1.82, 2.24) is 24.4 Å². The summed E-state index contributed by atoms with van der Waals surface area (Å²) in [6.07, 6.45) is 0.611. The summed E-state index contributed by atoms with van der Waals surface area (Å²) in [5.74, 6) is 2.00. The van der Waals surface area contributed by atoms with Crippen LogP contribution < -0.4 is 15.0 Å². The first-order valence-corrected chi connectivity index (χ1v) is 16.4. The zero-order valence-corrected chi connectivity index (χ0v) is 27.8. The van der Waals surface area contributed by atoms with Crippen LogP contribution in [-0.2, 0) is 14.2 Å². The van der Waals surface area contributed by atoms with Crippen LogP contribution in [0.15, 0.2) is 95.0 Å². The fraction of sp³-hybridized carbons (Fsp3) is 0.314. The molecule has 0 amide bonds. The topological polar surface area (TPSA) is 136 Å². The Kier molecular flexibility index (Phi) is 8.46. The summed E-state index contributed by atoms with van der Waals surface area (Å²) in [6, 6.07) is 26.4. The highest BCUT2D eigenvalue weighted by Gasteiger charge is 2.62. The molecule has 0 radical (unpaired) electrons. The predicted molar refractivity (Wildman–Crippen MR) is 183 cm³/mol. The van der Waals surface area contributed by atoms with Crippen LogP contribution in [0.25, 0.3) is 11.2 Å². The molecule has 0 spiro atoms. The van der Waals surface area contributed by atoms with Crippen molar-refractivity contribution in [3.8, 4) is 11.5 Å². The highest BCUT2D eigenvalue weighted by molar-refractivity contribution is 8.00. The van der Waals surface area contributed by atoms with Crippen LogP contribution in [0.3, 0.4) is 0 Å². The summed E-state index contributed by atoms with van der Waals surface area (Å²) in [4.78, 5) is 30.4.